The van der Waals surface area contributed by atoms with Crippen LogP contribution in [-0.4, -0.2) is 40.8 Å². The largest absolute Gasteiger partial charge is 0.426 e. The molecule has 7 heteroatoms. The van der Waals surface area contributed by atoms with Crippen LogP contribution in [0.3, 0.4) is 0 Å². The zero-order valence-electron chi connectivity index (χ0n) is 14.4. The molecule has 2 N–H and O–H groups in total. The fourth-order valence-electron chi connectivity index (χ4n) is 3.76. The molecule has 0 radical (unpaired) electrons. The third-order valence-corrected chi connectivity index (χ3v) is 5.21. The topological polar surface area (TPSA) is 52.6 Å². The van der Waals surface area contributed by atoms with Crippen LogP contribution in [0.1, 0.15) is 48.1 Å². The van der Waals surface area contributed by atoms with Gasteiger partial charge in [-0.3, -0.25) is 4.79 Å². The van der Waals surface area contributed by atoms with Gasteiger partial charge in [0.05, 0.1) is 0 Å². The second-order valence-corrected chi connectivity index (χ2v) is 7.19. The molecule has 1 amide bonds. The summed E-state index contributed by atoms with van der Waals surface area (Å²) in [5.41, 5.74) is 0.868. The molecule has 0 spiro atoms. The molecule has 25 heavy (non-hydrogen) atoms. The van der Waals surface area contributed by atoms with Gasteiger partial charge >= 0.3 is 6.18 Å². The Balaban J connectivity index is 1.88. The highest BCUT2D eigenvalue weighted by molar-refractivity contribution is 5.85. The highest BCUT2D eigenvalue weighted by Gasteiger charge is 2.57. The van der Waals surface area contributed by atoms with E-state index in [-0.39, 0.29) is 19.1 Å². The Hall–Kier alpha value is -1.60. The summed E-state index contributed by atoms with van der Waals surface area (Å²) in [6, 6.07) is 4.33. The third kappa shape index (κ3) is 3.27. The number of alkyl halides is 3. The van der Waals surface area contributed by atoms with Crippen molar-refractivity contribution in [1.29, 1.82) is 0 Å². The molecule has 138 valence electrons. The average molecular weight is 356 g/mol. The number of fused-ring (bicyclic) bond motifs is 1. The van der Waals surface area contributed by atoms with E-state index in [0.717, 1.165) is 41.0 Å². The highest BCUT2D eigenvalue weighted by Crippen LogP contribution is 2.35. The van der Waals surface area contributed by atoms with Gasteiger partial charge < -0.3 is 15.3 Å². The van der Waals surface area contributed by atoms with Gasteiger partial charge in [0.25, 0.3) is 5.91 Å². The van der Waals surface area contributed by atoms with Crippen LogP contribution in [0, 0.1) is 6.92 Å². The molecule has 2 aliphatic rings. The van der Waals surface area contributed by atoms with Crippen LogP contribution in [0.2, 0.25) is 0 Å². The lowest BCUT2D eigenvalue weighted by Crippen LogP contribution is -2.56. The lowest BCUT2D eigenvalue weighted by molar-refractivity contribution is -0.250. The number of benzene rings is 1. The number of halogens is 3. The number of rotatable bonds is 2. The Kier molecular flexibility index (Phi) is 4.58. The predicted molar refractivity (Wildman–Crippen MR) is 87.0 cm³/mol. The maximum atomic E-state index is 13.0. The molecule has 2 aliphatic heterocycles. The zero-order valence-corrected chi connectivity index (χ0v) is 14.4. The standard InChI is InChI=1S/C18H23F3N2O2/c1-11-8-12-10-23(16(24)17(2,25)18(19,20)21)7-5-13(12)14(9-11)15-4-3-6-22-15/h8-9,15,22,25H,3-7,10H2,1-2H3/t15-,17-/m0/s1. The summed E-state index contributed by atoms with van der Waals surface area (Å²) in [5.74, 6) is -1.28. The van der Waals surface area contributed by atoms with Crippen molar-refractivity contribution in [2.45, 2.75) is 57.5 Å². The summed E-state index contributed by atoms with van der Waals surface area (Å²) in [6.45, 7) is 3.72. The van der Waals surface area contributed by atoms with E-state index < -0.39 is 17.7 Å². The number of carbonyl (C=O) groups excluding carboxylic acids is 1. The molecule has 0 saturated carbocycles. The van der Waals surface area contributed by atoms with Crippen molar-refractivity contribution in [2.75, 3.05) is 13.1 Å². The van der Waals surface area contributed by atoms with E-state index in [9.17, 15) is 23.1 Å². The zero-order chi connectivity index (χ0) is 18.4. The maximum absolute atomic E-state index is 13.0. The van der Waals surface area contributed by atoms with Gasteiger partial charge in [-0.05, 0) is 56.3 Å². The summed E-state index contributed by atoms with van der Waals surface area (Å²) in [4.78, 5) is 13.4. The van der Waals surface area contributed by atoms with Gasteiger partial charge in [-0.25, -0.2) is 0 Å². The highest BCUT2D eigenvalue weighted by atomic mass is 19.4. The SMILES string of the molecule is Cc1cc2c(c([C@@H]3CCCN3)c1)CCN(C(=O)[C@](C)(O)C(F)(F)F)C2. The van der Waals surface area contributed by atoms with Crippen LogP contribution >= 0.6 is 0 Å². The summed E-state index contributed by atoms with van der Waals surface area (Å²) in [5, 5.41) is 13.1. The van der Waals surface area contributed by atoms with Gasteiger partial charge in [-0.2, -0.15) is 13.2 Å². The van der Waals surface area contributed by atoms with E-state index in [4.69, 9.17) is 0 Å². The lowest BCUT2D eigenvalue weighted by Gasteiger charge is -2.36. The summed E-state index contributed by atoms with van der Waals surface area (Å²) < 4.78 is 38.9. The van der Waals surface area contributed by atoms with Gasteiger partial charge in [-0.1, -0.05) is 17.7 Å². The Morgan fingerprint density at radius 3 is 2.68 bits per heavy atom. The minimum Gasteiger partial charge on any atom is -0.373 e. The third-order valence-electron chi connectivity index (χ3n) is 5.21. The molecule has 3 rings (SSSR count). The molecule has 0 aromatic heterocycles. The first-order chi connectivity index (χ1) is 11.6. The normalized spacial score (nSPS) is 23.3. The number of nitrogens with one attached hydrogen (secondary N) is 1. The number of hydrogen-bond donors (Lipinski definition) is 2. The van der Waals surface area contributed by atoms with E-state index >= 15 is 0 Å². The number of carbonyl (C=O) groups is 1. The molecule has 2 heterocycles. The first-order valence-corrected chi connectivity index (χ1v) is 8.55. The molecule has 0 aliphatic carbocycles. The first-order valence-electron chi connectivity index (χ1n) is 8.55. The number of hydrogen-bond acceptors (Lipinski definition) is 3. The van der Waals surface area contributed by atoms with Crippen molar-refractivity contribution in [3.63, 3.8) is 0 Å². The van der Waals surface area contributed by atoms with Crippen LogP contribution in [0.25, 0.3) is 0 Å². The van der Waals surface area contributed by atoms with E-state index in [2.05, 4.69) is 11.4 Å². The Morgan fingerprint density at radius 1 is 1.36 bits per heavy atom. The van der Waals surface area contributed by atoms with Crippen LogP contribution in [0.4, 0.5) is 13.2 Å². The van der Waals surface area contributed by atoms with Crippen molar-refractivity contribution in [3.05, 3.63) is 34.4 Å². The predicted octanol–water partition coefficient (Wildman–Crippen LogP) is 2.62. The van der Waals surface area contributed by atoms with E-state index in [1.807, 2.05) is 13.0 Å². The molecule has 1 saturated heterocycles. The van der Waals surface area contributed by atoms with Crippen molar-refractivity contribution in [3.8, 4) is 0 Å². The number of aryl methyl sites for hydroxylation is 1. The fourth-order valence-corrected chi connectivity index (χ4v) is 3.76. The monoisotopic (exact) mass is 356 g/mol. The molecule has 1 aromatic carbocycles. The van der Waals surface area contributed by atoms with Crippen molar-refractivity contribution >= 4 is 5.91 Å². The van der Waals surface area contributed by atoms with E-state index in [1.165, 1.54) is 5.56 Å². The van der Waals surface area contributed by atoms with Gasteiger partial charge in [0.2, 0.25) is 5.60 Å². The first kappa shape index (κ1) is 18.2. The molecule has 4 nitrogen and oxygen atoms in total. The molecule has 0 bridgehead atoms. The van der Waals surface area contributed by atoms with Gasteiger partial charge in [0.1, 0.15) is 0 Å². The van der Waals surface area contributed by atoms with Gasteiger partial charge in [0, 0.05) is 19.1 Å². The molecular weight excluding hydrogens is 333 g/mol. The minimum atomic E-state index is -4.99. The molecule has 1 fully saturated rings. The van der Waals surface area contributed by atoms with Crippen molar-refractivity contribution in [1.82, 2.24) is 10.2 Å². The summed E-state index contributed by atoms with van der Waals surface area (Å²) in [6.07, 6.45) is -2.34. The smallest absolute Gasteiger partial charge is 0.373 e. The minimum absolute atomic E-state index is 0.0990. The second kappa shape index (κ2) is 6.29. The quantitative estimate of drug-likeness (QED) is 0.857. The van der Waals surface area contributed by atoms with Crippen molar-refractivity contribution < 1.29 is 23.1 Å². The lowest BCUT2D eigenvalue weighted by atomic mass is 9.88. The van der Waals surface area contributed by atoms with Gasteiger partial charge in [0.15, 0.2) is 0 Å². The van der Waals surface area contributed by atoms with E-state index in [1.54, 1.807) is 0 Å². The number of nitrogens with zero attached hydrogens (tertiary/aromatic N) is 1. The van der Waals surface area contributed by atoms with Crippen LogP contribution in [0.15, 0.2) is 12.1 Å². The molecule has 0 unspecified atom stereocenters. The molecule has 2 atom stereocenters. The van der Waals surface area contributed by atoms with Crippen LogP contribution in [-0.2, 0) is 17.8 Å². The second-order valence-electron chi connectivity index (χ2n) is 7.19. The Labute approximate surface area is 145 Å². The number of aliphatic hydroxyl groups is 1. The Bertz CT molecular complexity index is 680. The summed E-state index contributed by atoms with van der Waals surface area (Å²) in [7, 11) is 0. The van der Waals surface area contributed by atoms with E-state index in [0.29, 0.717) is 13.3 Å². The Morgan fingerprint density at radius 2 is 2.08 bits per heavy atom. The average Bonchev–Trinajstić information content (AvgIpc) is 3.05. The fraction of sp³-hybridized carbons (Fsp3) is 0.611. The molecular formula is C18H23F3N2O2. The maximum Gasteiger partial charge on any atom is 0.426 e. The van der Waals surface area contributed by atoms with Crippen molar-refractivity contribution in [2.24, 2.45) is 0 Å². The molecule has 1 aromatic rings. The van der Waals surface area contributed by atoms with Crippen LogP contribution < -0.4 is 5.32 Å². The van der Waals surface area contributed by atoms with Crippen LogP contribution in [0.5, 0.6) is 0 Å². The number of amides is 1. The summed E-state index contributed by atoms with van der Waals surface area (Å²) >= 11 is 0. The van der Waals surface area contributed by atoms with Gasteiger partial charge in [-0.15, -0.1) is 0 Å².